The Morgan fingerprint density at radius 3 is 2.61 bits per heavy atom. The number of hydrogen-bond donors (Lipinski definition) is 2. The van der Waals surface area contributed by atoms with Crippen LogP contribution < -0.4 is 10.6 Å². The van der Waals surface area contributed by atoms with Crippen molar-refractivity contribution in [3.63, 3.8) is 0 Å². The number of rotatable bonds is 3. The summed E-state index contributed by atoms with van der Waals surface area (Å²) >= 11 is 1.97. The number of amides is 1. The molecule has 1 saturated carbocycles. The Morgan fingerprint density at radius 2 is 1.89 bits per heavy atom. The van der Waals surface area contributed by atoms with Gasteiger partial charge in [0.1, 0.15) is 0 Å². The molecule has 1 aliphatic heterocycles. The lowest BCUT2D eigenvalue weighted by Gasteiger charge is -2.29. The topological polar surface area (TPSA) is 41.1 Å². The third kappa shape index (κ3) is 4.16. The molecule has 0 bridgehead atoms. The van der Waals surface area contributed by atoms with Crippen LogP contribution >= 0.6 is 11.8 Å². The fourth-order valence-electron chi connectivity index (χ4n) is 3.00. The van der Waals surface area contributed by atoms with E-state index in [-0.39, 0.29) is 11.9 Å². The zero-order valence-corrected chi connectivity index (χ0v) is 12.2. The molecule has 1 aliphatic carbocycles. The molecule has 0 aromatic rings. The number of thioether (sulfide) groups is 1. The predicted octanol–water partition coefficient (Wildman–Crippen LogP) is 2.31. The molecule has 3 nitrogen and oxygen atoms in total. The van der Waals surface area contributed by atoms with Crippen LogP contribution in [0.15, 0.2) is 0 Å². The lowest BCUT2D eigenvalue weighted by Crippen LogP contribution is -2.48. The van der Waals surface area contributed by atoms with Crippen molar-refractivity contribution in [1.82, 2.24) is 10.6 Å². The molecule has 1 heterocycles. The Morgan fingerprint density at radius 1 is 1.11 bits per heavy atom. The molecular formula is C14H26N2OS. The average molecular weight is 270 g/mol. The summed E-state index contributed by atoms with van der Waals surface area (Å²) in [6.45, 7) is 0.997. The molecule has 1 saturated heterocycles. The van der Waals surface area contributed by atoms with Crippen LogP contribution in [0, 0.1) is 0 Å². The highest BCUT2D eigenvalue weighted by Gasteiger charge is 2.25. The first kappa shape index (κ1) is 14.2. The van der Waals surface area contributed by atoms with Gasteiger partial charge in [-0.1, -0.05) is 12.8 Å². The maximum Gasteiger partial charge on any atom is 0.237 e. The minimum Gasteiger partial charge on any atom is -0.352 e. The standard InChI is InChI=1S/C14H26N2OS/c1-18-12-8-6-11(7-9-12)16-14(17)13-5-3-2-4-10-15-13/h11-13,15H,2-10H2,1H3,(H,16,17). The minimum absolute atomic E-state index is 0.0609. The van der Waals surface area contributed by atoms with Gasteiger partial charge in [0.2, 0.25) is 5.91 Å². The Labute approximate surface area is 115 Å². The maximum absolute atomic E-state index is 12.2. The monoisotopic (exact) mass is 270 g/mol. The molecule has 2 fully saturated rings. The van der Waals surface area contributed by atoms with Gasteiger partial charge >= 0.3 is 0 Å². The quantitative estimate of drug-likeness (QED) is 0.827. The van der Waals surface area contributed by atoms with Crippen molar-refractivity contribution in [2.45, 2.75) is 68.7 Å². The van der Waals surface area contributed by atoms with Crippen molar-refractivity contribution in [3.8, 4) is 0 Å². The third-order valence-corrected chi connectivity index (χ3v) is 5.37. The molecule has 104 valence electrons. The number of nitrogens with one attached hydrogen (secondary N) is 2. The van der Waals surface area contributed by atoms with Crippen LogP contribution in [0.25, 0.3) is 0 Å². The highest BCUT2D eigenvalue weighted by molar-refractivity contribution is 7.99. The van der Waals surface area contributed by atoms with E-state index in [4.69, 9.17) is 0 Å². The van der Waals surface area contributed by atoms with Crippen molar-refractivity contribution in [1.29, 1.82) is 0 Å². The SMILES string of the molecule is CSC1CCC(NC(=O)C2CCCCCN2)CC1. The number of carbonyl (C=O) groups excluding carboxylic acids is 1. The van der Waals surface area contributed by atoms with Crippen LogP contribution in [0.3, 0.4) is 0 Å². The van der Waals surface area contributed by atoms with Crippen LogP contribution in [0.1, 0.15) is 51.4 Å². The molecule has 1 atom stereocenters. The molecule has 2 N–H and O–H groups in total. The Bertz CT molecular complexity index is 257. The van der Waals surface area contributed by atoms with Crippen LogP contribution in [-0.2, 0) is 4.79 Å². The van der Waals surface area contributed by atoms with E-state index in [2.05, 4.69) is 16.9 Å². The normalized spacial score (nSPS) is 33.7. The van der Waals surface area contributed by atoms with Crippen LogP contribution in [-0.4, -0.2) is 36.0 Å². The average Bonchev–Trinajstić information content (AvgIpc) is 2.68. The summed E-state index contributed by atoms with van der Waals surface area (Å²) in [4.78, 5) is 12.2. The zero-order chi connectivity index (χ0) is 12.8. The van der Waals surface area contributed by atoms with Crippen molar-refractivity contribution in [2.75, 3.05) is 12.8 Å². The van der Waals surface area contributed by atoms with Gasteiger partial charge in [-0.3, -0.25) is 4.79 Å². The Hall–Kier alpha value is -0.220. The van der Waals surface area contributed by atoms with Gasteiger partial charge in [-0.25, -0.2) is 0 Å². The largest absolute Gasteiger partial charge is 0.352 e. The molecule has 1 unspecified atom stereocenters. The van der Waals surface area contributed by atoms with E-state index in [1.807, 2.05) is 11.8 Å². The van der Waals surface area contributed by atoms with Gasteiger partial charge in [0.15, 0.2) is 0 Å². The molecule has 0 spiro atoms. The first-order valence-electron chi connectivity index (χ1n) is 7.36. The Kier molecular flexibility index (Phi) is 5.83. The van der Waals surface area contributed by atoms with E-state index in [9.17, 15) is 4.79 Å². The molecule has 18 heavy (non-hydrogen) atoms. The smallest absolute Gasteiger partial charge is 0.237 e. The molecule has 0 aromatic heterocycles. The molecule has 2 rings (SSSR count). The maximum atomic E-state index is 12.2. The van der Waals surface area contributed by atoms with E-state index in [0.717, 1.165) is 31.1 Å². The summed E-state index contributed by atoms with van der Waals surface area (Å²) in [5, 5.41) is 7.44. The first-order valence-corrected chi connectivity index (χ1v) is 8.65. The molecular weight excluding hydrogens is 244 g/mol. The molecule has 0 aromatic carbocycles. The van der Waals surface area contributed by atoms with Gasteiger partial charge in [-0.15, -0.1) is 0 Å². The van der Waals surface area contributed by atoms with Crippen molar-refractivity contribution in [3.05, 3.63) is 0 Å². The fraction of sp³-hybridized carbons (Fsp3) is 0.929. The van der Waals surface area contributed by atoms with Crippen LogP contribution in [0.4, 0.5) is 0 Å². The fourth-order valence-corrected chi connectivity index (χ4v) is 3.74. The molecule has 2 aliphatic rings. The summed E-state index contributed by atoms with van der Waals surface area (Å²) in [6.07, 6.45) is 11.7. The summed E-state index contributed by atoms with van der Waals surface area (Å²) in [6, 6.07) is 0.483. The highest BCUT2D eigenvalue weighted by atomic mass is 32.2. The second kappa shape index (κ2) is 7.39. The number of hydrogen-bond acceptors (Lipinski definition) is 3. The first-order chi connectivity index (χ1) is 8.79. The summed E-state index contributed by atoms with van der Waals surface area (Å²) in [7, 11) is 0. The van der Waals surface area contributed by atoms with E-state index >= 15 is 0 Å². The van der Waals surface area contributed by atoms with E-state index in [0.29, 0.717) is 6.04 Å². The van der Waals surface area contributed by atoms with Crippen molar-refractivity contribution in [2.24, 2.45) is 0 Å². The van der Waals surface area contributed by atoms with Gasteiger partial charge in [0, 0.05) is 11.3 Å². The summed E-state index contributed by atoms with van der Waals surface area (Å²) in [5.74, 6) is 0.240. The van der Waals surface area contributed by atoms with Gasteiger partial charge in [-0.05, 0) is 51.3 Å². The van der Waals surface area contributed by atoms with Gasteiger partial charge in [0.25, 0.3) is 0 Å². The lowest BCUT2D eigenvalue weighted by atomic mass is 9.94. The second-order valence-corrected chi connectivity index (χ2v) is 6.71. The molecule has 4 heteroatoms. The van der Waals surface area contributed by atoms with Crippen molar-refractivity contribution >= 4 is 17.7 Å². The second-order valence-electron chi connectivity index (χ2n) is 5.57. The predicted molar refractivity (Wildman–Crippen MR) is 78.0 cm³/mol. The van der Waals surface area contributed by atoms with Gasteiger partial charge < -0.3 is 10.6 Å². The van der Waals surface area contributed by atoms with Crippen LogP contribution in [0.5, 0.6) is 0 Å². The third-order valence-electron chi connectivity index (χ3n) is 4.23. The van der Waals surface area contributed by atoms with Crippen LogP contribution in [0.2, 0.25) is 0 Å². The highest BCUT2D eigenvalue weighted by Crippen LogP contribution is 2.26. The molecule has 0 radical (unpaired) electrons. The summed E-state index contributed by atoms with van der Waals surface area (Å²) < 4.78 is 0. The minimum atomic E-state index is 0.0609. The summed E-state index contributed by atoms with van der Waals surface area (Å²) in [5.41, 5.74) is 0. The van der Waals surface area contributed by atoms with E-state index < -0.39 is 0 Å². The van der Waals surface area contributed by atoms with Gasteiger partial charge in [-0.2, -0.15) is 11.8 Å². The van der Waals surface area contributed by atoms with E-state index in [1.54, 1.807) is 0 Å². The zero-order valence-electron chi connectivity index (χ0n) is 11.4. The van der Waals surface area contributed by atoms with E-state index in [1.165, 1.54) is 32.1 Å². The lowest BCUT2D eigenvalue weighted by molar-refractivity contribution is -0.124. The van der Waals surface area contributed by atoms with Crippen molar-refractivity contribution < 1.29 is 4.79 Å². The number of carbonyl (C=O) groups is 1. The Balaban J connectivity index is 1.73. The molecule has 1 amide bonds. The van der Waals surface area contributed by atoms with Gasteiger partial charge in [0.05, 0.1) is 6.04 Å².